The molecule has 0 unspecified atom stereocenters. The van der Waals surface area contributed by atoms with Crippen molar-refractivity contribution in [3.05, 3.63) is 64.6 Å². The molecule has 4 nitrogen and oxygen atoms in total. The van der Waals surface area contributed by atoms with E-state index in [1.54, 1.807) is 12.1 Å². The second-order valence-corrected chi connectivity index (χ2v) is 7.14. The first-order chi connectivity index (χ1) is 13.1. The van der Waals surface area contributed by atoms with E-state index >= 15 is 0 Å². The maximum Gasteiger partial charge on any atom is 0.251 e. The summed E-state index contributed by atoms with van der Waals surface area (Å²) in [6.45, 7) is 1.84. The van der Waals surface area contributed by atoms with Crippen LogP contribution in [-0.2, 0) is 12.8 Å². The fourth-order valence-corrected chi connectivity index (χ4v) is 3.86. The van der Waals surface area contributed by atoms with Crippen molar-refractivity contribution >= 4 is 16.8 Å². The number of carbonyl (C=O) groups is 1. The lowest BCUT2D eigenvalue weighted by Crippen LogP contribution is -2.26. The van der Waals surface area contributed by atoms with Crippen molar-refractivity contribution in [1.82, 2.24) is 10.3 Å². The van der Waals surface area contributed by atoms with Crippen molar-refractivity contribution in [2.75, 3.05) is 7.11 Å². The number of aromatic nitrogens is 1. The molecular weight excluding hydrogens is 343 g/mol. The molecule has 140 valence electrons. The Labute approximate surface area is 157 Å². The molecule has 27 heavy (non-hydrogen) atoms. The number of hydrogen-bond acceptors (Lipinski definition) is 2. The number of halogens is 1. The number of H-pyrrole nitrogens is 1. The van der Waals surface area contributed by atoms with Crippen molar-refractivity contribution < 1.29 is 13.9 Å². The standard InChI is InChI=1S/C22H23FN2O2/c1-13(14-8-10-21(27-2)18(23)12-14)24-22(26)15-7-9-20-17(11-15)16-5-3-4-6-19(16)25-20/h7-13,25H,3-6H2,1-2H3,(H,24,26)/t13-/m0/s1. The van der Waals surface area contributed by atoms with Gasteiger partial charge in [0.05, 0.1) is 13.2 Å². The van der Waals surface area contributed by atoms with Crippen LogP contribution in [0.2, 0.25) is 0 Å². The summed E-state index contributed by atoms with van der Waals surface area (Å²) in [6.07, 6.45) is 4.53. The summed E-state index contributed by atoms with van der Waals surface area (Å²) in [5.41, 5.74) is 5.05. The maximum absolute atomic E-state index is 13.9. The van der Waals surface area contributed by atoms with E-state index in [0.717, 1.165) is 23.7 Å². The molecule has 0 spiro atoms. The molecule has 0 radical (unpaired) electrons. The molecule has 1 atom stereocenters. The van der Waals surface area contributed by atoms with Crippen LogP contribution in [0.15, 0.2) is 36.4 Å². The number of fused-ring (bicyclic) bond motifs is 3. The Morgan fingerprint density at radius 1 is 1.19 bits per heavy atom. The van der Waals surface area contributed by atoms with Crippen LogP contribution >= 0.6 is 0 Å². The largest absolute Gasteiger partial charge is 0.494 e. The number of aromatic amines is 1. The molecule has 0 aliphatic heterocycles. The zero-order chi connectivity index (χ0) is 19.0. The Morgan fingerprint density at radius 3 is 2.78 bits per heavy atom. The third-order valence-electron chi connectivity index (χ3n) is 5.38. The number of aryl methyl sites for hydroxylation is 2. The normalized spacial score (nSPS) is 14.6. The van der Waals surface area contributed by atoms with E-state index in [0.29, 0.717) is 11.1 Å². The van der Waals surface area contributed by atoms with Crippen LogP contribution in [0.1, 0.15) is 53.0 Å². The van der Waals surface area contributed by atoms with Crippen LogP contribution in [0.25, 0.3) is 10.9 Å². The van der Waals surface area contributed by atoms with Gasteiger partial charge in [0, 0.05) is 22.2 Å². The quantitative estimate of drug-likeness (QED) is 0.704. The topological polar surface area (TPSA) is 54.1 Å². The van der Waals surface area contributed by atoms with Gasteiger partial charge >= 0.3 is 0 Å². The molecule has 5 heteroatoms. The van der Waals surface area contributed by atoms with Gasteiger partial charge in [0.15, 0.2) is 11.6 Å². The van der Waals surface area contributed by atoms with E-state index in [9.17, 15) is 9.18 Å². The third kappa shape index (κ3) is 3.29. The van der Waals surface area contributed by atoms with Crippen molar-refractivity contribution in [3.8, 4) is 5.75 Å². The smallest absolute Gasteiger partial charge is 0.251 e. The van der Waals surface area contributed by atoms with Gasteiger partial charge in [-0.15, -0.1) is 0 Å². The highest BCUT2D eigenvalue weighted by atomic mass is 19.1. The summed E-state index contributed by atoms with van der Waals surface area (Å²) in [6, 6.07) is 10.2. The van der Waals surface area contributed by atoms with Crippen LogP contribution in [0.3, 0.4) is 0 Å². The lowest BCUT2D eigenvalue weighted by atomic mass is 9.95. The zero-order valence-corrected chi connectivity index (χ0v) is 15.6. The number of ether oxygens (including phenoxy) is 1. The molecule has 2 aromatic carbocycles. The number of rotatable bonds is 4. The van der Waals surface area contributed by atoms with Gasteiger partial charge in [0.1, 0.15) is 0 Å². The van der Waals surface area contributed by atoms with Gasteiger partial charge in [-0.25, -0.2) is 4.39 Å². The summed E-state index contributed by atoms with van der Waals surface area (Å²) in [7, 11) is 1.43. The highest BCUT2D eigenvalue weighted by Gasteiger charge is 2.18. The second-order valence-electron chi connectivity index (χ2n) is 7.14. The van der Waals surface area contributed by atoms with Crippen molar-refractivity contribution in [3.63, 3.8) is 0 Å². The zero-order valence-electron chi connectivity index (χ0n) is 15.6. The van der Waals surface area contributed by atoms with Gasteiger partial charge in [-0.3, -0.25) is 4.79 Å². The Bertz CT molecular complexity index is 1010. The molecule has 1 aliphatic rings. The minimum atomic E-state index is -0.434. The fourth-order valence-electron chi connectivity index (χ4n) is 3.86. The lowest BCUT2D eigenvalue weighted by Gasteiger charge is -2.15. The molecule has 0 saturated heterocycles. The number of methoxy groups -OCH3 is 1. The highest BCUT2D eigenvalue weighted by molar-refractivity contribution is 5.99. The van der Waals surface area contributed by atoms with Crippen molar-refractivity contribution in [2.24, 2.45) is 0 Å². The summed E-state index contributed by atoms with van der Waals surface area (Å²) in [5, 5.41) is 4.10. The average Bonchev–Trinajstić information content (AvgIpc) is 3.05. The maximum atomic E-state index is 13.9. The van der Waals surface area contributed by atoms with E-state index in [-0.39, 0.29) is 17.7 Å². The predicted molar refractivity (Wildman–Crippen MR) is 104 cm³/mol. The summed E-state index contributed by atoms with van der Waals surface area (Å²) in [5.74, 6) is -0.400. The van der Waals surface area contributed by atoms with Gasteiger partial charge in [0.2, 0.25) is 0 Å². The summed E-state index contributed by atoms with van der Waals surface area (Å²) in [4.78, 5) is 16.2. The molecule has 1 aromatic heterocycles. The Balaban J connectivity index is 1.56. The molecule has 2 N–H and O–H groups in total. The van der Waals surface area contributed by atoms with Gasteiger partial charge in [0.25, 0.3) is 5.91 Å². The van der Waals surface area contributed by atoms with E-state index in [1.165, 1.54) is 37.3 Å². The van der Waals surface area contributed by atoms with Gasteiger partial charge in [-0.2, -0.15) is 0 Å². The number of amides is 1. The minimum Gasteiger partial charge on any atom is -0.494 e. The number of hydrogen-bond donors (Lipinski definition) is 2. The number of carbonyl (C=O) groups excluding carboxylic acids is 1. The first-order valence-corrected chi connectivity index (χ1v) is 9.34. The van der Waals surface area contributed by atoms with Gasteiger partial charge < -0.3 is 15.0 Å². The predicted octanol–water partition coefficient (Wildman–Crippen LogP) is 4.69. The van der Waals surface area contributed by atoms with Crippen LogP contribution in [-0.4, -0.2) is 18.0 Å². The molecule has 1 aliphatic carbocycles. The molecule has 0 saturated carbocycles. The number of benzene rings is 2. The van der Waals surface area contributed by atoms with Crippen LogP contribution in [0.4, 0.5) is 4.39 Å². The molecular formula is C22H23FN2O2. The van der Waals surface area contributed by atoms with E-state index in [1.807, 2.05) is 25.1 Å². The van der Waals surface area contributed by atoms with E-state index < -0.39 is 5.82 Å². The molecule has 0 bridgehead atoms. The molecule has 4 rings (SSSR count). The Kier molecular flexibility index (Phi) is 4.60. The van der Waals surface area contributed by atoms with E-state index in [2.05, 4.69) is 10.3 Å². The molecule has 1 heterocycles. The Hall–Kier alpha value is -2.82. The second kappa shape index (κ2) is 7.06. The third-order valence-corrected chi connectivity index (χ3v) is 5.38. The van der Waals surface area contributed by atoms with Crippen molar-refractivity contribution in [2.45, 2.75) is 38.6 Å². The Morgan fingerprint density at radius 2 is 2.00 bits per heavy atom. The first-order valence-electron chi connectivity index (χ1n) is 9.34. The monoisotopic (exact) mass is 366 g/mol. The summed E-state index contributed by atoms with van der Waals surface area (Å²) < 4.78 is 18.9. The highest BCUT2D eigenvalue weighted by Crippen LogP contribution is 2.30. The minimum absolute atomic E-state index is 0.161. The fraction of sp³-hybridized carbons (Fsp3) is 0.318. The lowest BCUT2D eigenvalue weighted by molar-refractivity contribution is 0.0940. The average molecular weight is 366 g/mol. The molecule has 0 fully saturated rings. The van der Waals surface area contributed by atoms with Crippen LogP contribution < -0.4 is 10.1 Å². The van der Waals surface area contributed by atoms with Crippen LogP contribution in [0, 0.1) is 5.82 Å². The number of nitrogens with one attached hydrogen (secondary N) is 2. The van der Waals surface area contributed by atoms with Crippen molar-refractivity contribution in [1.29, 1.82) is 0 Å². The van der Waals surface area contributed by atoms with Crippen LogP contribution in [0.5, 0.6) is 5.75 Å². The molecule has 1 amide bonds. The summed E-state index contributed by atoms with van der Waals surface area (Å²) >= 11 is 0. The van der Waals surface area contributed by atoms with Gasteiger partial charge in [-0.1, -0.05) is 6.07 Å². The van der Waals surface area contributed by atoms with E-state index in [4.69, 9.17) is 4.74 Å². The first kappa shape index (κ1) is 17.6. The molecule has 3 aromatic rings. The van der Waals surface area contributed by atoms with Gasteiger partial charge in [-0.05, 0) is 74.1 Å². The SMILES string of the molecule is COc1ccc([C@H](C)NC(=O)c2ccc3[nH]c4c(c3c2)CCCC4)cc1F.